The first-order valence-corrected chi connectivity index (χ1v) is 6.31. The monoisotopic (exact) mass is 279 g/mol. The van der Waals surface area contributed by atoms with Crippen molar-refractivity contribution in [3.05, 3.63) is 35.9 Å². The van der Waals surface area contributed by atoms with Crippen molar-refractivity contribution in [2.75, 3.05) is 34.9 Å². The second-order valence-electron chi connectivity index (χ2n) is 4.97. The lowest BCUT2D eigenvalue weighted by Gasteiger charge is -2.30. The van der Waals surface area contributed by atoms with Crippen LogP contribution in [0.3, 0.4) is 0 Å². The molecule has 0 aromatic heterocycles. The molecule has 5 heteroatoms. The largest absolute Gasteiger partial charge is 0.468 e. The summed E-state index contributed by atoms with van der Waals surface area (Å²) in [4.78, 5) is 26.2. The molecule has 0 heterocycles. The number of ether oxygens (including phenoxy) is 2. The van der Waals surface area contributed by atoms with Crippen LogP contribution < -0.4 is 0 Å². The van der Waals surface area contributed by atoms with Gasteiger partial charge in [0.15, 0.2) is 5.41 Å². The van der Waals surface area contributed by atoms with Gasteiger partial charge < -0.3 is 14.4 Å². The Morgan fingerprint density at radius 2 is 1.55 bits per heavy atom. The molecule has 1 aromatic rings. The molecular weight excluding hydrogens is 258 g/mol. The van der Waals surface area contributed by atoms with Gasteiger partial charge in [-0.25, -0.2) is 0 Å². The zero-order valence-corrected chi connectivity index (χ0v) is 12.4. The van der Waals surface area contributed by atoms with Crippen molar-refractivity contribution < 1.29 is 19.1 Å². The molecule has 0 atom stereocenters. The maximum absolute atomic E-state index is 12.2. The summed E-state index contributed by atoms with van der Waals surface area (Å²) in [5.74, 6) is -1.16. The number of hydrogen-bond donors (Lipinski definition) is 0. The highest BCUT2D eigenvalue weighted by atomic mass is 16.5. The summed E-state index contributed by atoms with van der Waals surface area (Å²) in [7, 11) is 6.15. The molecule has 0 bridgehead atoms. The van der Waals surface area contributed by atoms with Crippen LogP contribution in [0.5, 0.6) is 0 Å². The molecule has 0 fully saturated rings. The van der Waals surface area contributed by atoms with Gasteiger partial charge >= 0.3 is 11.9 Å². The van der Waals surface area contributed by atoms with E-state index in [2.05, 4.69) is 0 Å². The van der Waals surface area contributed by atoms with Gasteiger partial charge in [-0.05, 0) is 19.7 Å². The molecule has 0 aliphatic heterocycles. The topological polar surface area (TPSA) is 55.8 Å². The van der Waals surface area contributed by atoms with Crippen molar-refractivity contribution >= 4 is 11.9 Å². The highest BCUT2D eigenvalue weighted by Crippen LogP contribution is 2.27. The average molecular weight is 279 g/mol. The third-order valence-corrected chi connectivity index (χ3v) is 3.09. The molecular formula is C15H21NO4. The van der Waals surface area contributed by atoms with Gasteiger partial charge in [-0.2, -0.15) is 0 Å². The maximum Gasteiger partial charge on any atom is 0.324 e. The SMILES string of the molecule is COC(=O)C(Cc1ccccc1)(CN(C)C)C(=O)OC. The first-order chi connectivity index (χ1) is 9.46. The lowest BCUT2D eigenvalue weighted by molar-refractivity contribution is -0.170. The third-order valence-electron chi connectivity index (χ3n) is 3.09. The lowest BCUT2D eigenvalue weighted by atomic mass is 9.81. The summed E-state index contributed by atoms with van der Waals surface area (Å²) in [6, 6.07) is 9.36. The fraction of sp³-hybridized carbons (Fsp3) is 0.467. The first kappa shape index (κ1) is 16.2. The van der Waals surface area contributed by atoms with E-state index in [0.717, 1.165) is 5.56 Å². The van der Waals surface area contributed by atoms with Crippen molar-refractivity contribution in [1.82, 2.24) is 4.90 Å². The number of carbonyl (C=O) groups excluding carboxylic acids is 2. The standard InChI is InChI=1S/C15H21NO4/c1-16(2)11-15(13(17)19-3,14(18)20-4)10-12-8-6-5-7-9-12/h5-9H,10-11H2,1-4H3. The molecule has 110 valence electrons. The molecule has 0 aliphatic carbocycles. The highest BCUT2D eigenvalue weighted by molar-refractivity contribution is 6.00. The van der Waals surface area contributed by atoms with Crippen molar-refractivity contribution in [2.45, 2.75) is 6.42 Å². The van der Waals surface area contributed by atoms with Gasteiger partial charge in [0.1, 0.15) is 0 Å². The molecule has 1 rings (SSSR count). The smallest absolute Gasteiger partial charge is 0.324 e. The fourth-order valence-corrected chi connectivity index (χ4v) is 2.29. The van der Waals surface area contributed by atoms with E-state index in [-0.39, 0.29) is 13.0 Å². The Labute approximate surface area is 119 Å². The van der Waals surface area contributed by atoms with Gasteiger partial charge in [0, 0.05) is 13.0 Å². The van der Waals surface area contributed by atoms with E-state index in [4.69, 9.17) is 9.47 Å². The summed E-state index contributed by atoms with van der Waals surface area (Å²) in [6.07, 6.45) is 0.241. The Balaban J connectivity index is 3.21. The number of esters is 2. The normalized spacial score (nSPS) is 11.2. The van der Waals surface area contributed by atoms with E-state index in [1.165, 1.54) is 14.2 Å². The minimum Gasteiger partial charge on any atom is -0.468 e. The van der Waals surface area contributed by atoms with Crippen molar-refractivity contribution in [1.29, 1.82) is 0 Å². The maximum atomic E-state index is 12.2. The number of benzene rings is 1. The highest BCUT2D eigenvalue weighted by Gasteiger charge is 2.48. The van der Waals surface area contributed by atoms with Gasteiger partial charge in [-0.1, -0.05) is 30.3 Å². The molecule has 20 heavy (non-hydrogen) atoms. The molecule has 0 unspecified atom stereocenters. The van der Waals surface area contributed by atoms with Crippen LogP contribution in [0.2, 0.25) is 0 Å². The van der Waals surface area contributed by atoms with Crippen LogP contribution in [0.4, 0.5) is 0 Å². The molecule has 0 aliphatic rings. The molecule has 1 aromatic carbocycles. The van der Waals surface area contributed by atoms with Crippen molar-refractivity contribution in [3.8, 4) is 0 Å². The Hall–Kier alpha value is -1.88. The van der Waals surface area contributed by atoms with Gasteiger partial charge in [0.2, 0.25) is 0 Å². The Kier molecular flexibility index (Phi) is 5.70. The zero-order valence-electron chi connectivity index (χ0n) is 12.4. The van der Waals surface area contributed by atoms with Crippen LogP contribution >= 0.6 is 0 Å². The second kappa shape index (κ2) is 7.05. The van der Waals surface area contributed by atoms with E-state index in [9.17, 15) is 9.59 Å². The van der Waals surface area contributed by atoms with Gasteiger partial charge in [-0.15, -0.1) is 0 Å². The van der Waals surface area contributed by atoms with E-state index in [1.54, 1.807) is 19.0 Å². The lowest BCUT2D eigenvalue weighted by Crippen LogP contribution is -2.49. The molecule has 0 saturated heterocycles. The summed E-state index contributed by atoms with van der Waals surface area (Å²) in [5.41, 5.74) is -0.473. The number of hydrogen-bond acceptors (Lipinski definition) is 5. The first-order valence-electron chi connectivity index (χ1n) is 6.31. The predicted octanol–water partition coefficient (Wildman–Crippen LogP) is 1.12. The van der Waals surface area contributed by atoms with Crippen LogP contribution in [0.15, 0.2) is 30.3 Å². The van der Waals surface area contributed by atoms with Gasteiger partial charge in [0.05, 0.1) is 14.2 Å². The van der Waals surface area contributed by atoms with Gasteiger partial charge in [0.25, 0.3) is 0 Å². The minimum absolute atomic E-state index is 0.223. The Morgan fingerprint density at radius 3 is 1.95 bits per heavy atom. The Bertz CT molecular complexity index is 440. The summed E-state index contributed by atoms with van der Waals surface area (Å²) in [6.45, 7) is 0.223. The quantitative estimate of drug-likeness (QED) is 0.577. The minimum atomic E-state index is -1.35. The molecule has 0 saturated carbocycles. The second-order valence-corrected chi connectivity index (χ2v) is 4.97. The number of nitrogens with zero attached hydrogens (tertiary/aromatic N) is 1. The molecule has 0 radical (unpaired) electrons. The number of carbonyl (C=O) groups is 2. The van der Waals surface area contributed by atoms with E-state index in [0.29, 0.717) is 0 Å². The summed E-state index contributed by atoms with van der Waals surface area (Å²) < 4.78 is 9.69. The van der Waals surface area contributed by atoms with Crippen LogP contribution in [0, 0.1) is 5.41 Å². The molecule has 5 nitrogen and oxygen atoms in total. The summed E-state index contributed by atoms with van der Waals surface area (Å²) >= 11 is 0. The molecule has 0 amide bonds. The van der Waals surface area contributed by atoms with E-state index in [1.807, 2.05) is 30.3 Å². The van der Waals surface area contributed by atoms with Crippen LogP contribution in [-0.4, -0.2) is 51.7 Å². The number of rotatable bonds is 6. The average Bonchev–Trinajstić information content (AvgIpc) is 2.45. The van der Waals surface area contributed by atoms with Crippen LogP contribution in [0.25, 0.3) is 0 Å². The van der Waals surface area contributed by atoms with E-state index >= 15 is 0 Å². The number of methoxy groups -OCH3 is 2. The molecule has 0 N–H and O–H groups in total. The summed E-state index contributed by atoms with van der Waals surface area (Å²) in [5, 5.41) is 0. The fourth-order valence-electron chi connectivity index (χ4n) is 2.29. The molecule has 0 spiro atoms. The van der Waals surface area contributed by atoms with Crippen LogP contribution in [0.1, 0.15) is 5.56 Å². The van der Waals surface area contributed by atoms with Crippen molar-refractivity contribution in [2.24, 2.45) is 5.41 Å². The van der Waals surface area contributed by atoms with E-state index < -0.39 is 17.4 Å². The van der Waals surface area contributed by atoms with Gasteiger partial charge in [-0.3, -0.25) is 9.59 Å². The Morgan fingerprint density at radius 1 is 1.05 bits per heavy atom. The van der Waals surface area contributed by atoms with Crippen LogP contribution in [-0.2, 0) is 25.5 Å². The van der Waals surface area contributed by atoms with Crippen molar-refractivity contribution in [3.63, 3.8) is 0 Å². The zero-order chi connectivity index (χ0) is 15.2. The predicted molar refractivity (Wildman–Crippen MR) is 75.2 cm³/mol. The third kappa shape index (κ3) is 3.57.